The molecule has 1 aromatic heterocycles. The Morgan fingerprint density at radius 2 is 2.21 bits per heavy atom. The molecule has 0 bridgehead atoms. The second kappa shape index (κ2) is 3.96. The zero-order valence-electron chi connectivity index (χ0n) is 7.11. The molecule has 0 amide bonds. The average molecular weight is 192 g/mol. The van der Waals surface area contributed by atoms with E-state index in [9.17, 15) is 4.79 Å². The van der Waals surface area contributed by atoms with Crippen LogP contribution in [0.4, 0.5) is 0 Å². The number of para-hydroxylation sites is 1. The van der Waals surface area contributed by atoms with Gasteiger partial charge in [-0.15, -0.1) is 0 Å². The molecule has 0 radical (unpaired) electrons. The van der Waals surface area contributed by atoms with E-state index < -0.39 is 0 Å². The lowest BCUT2D eigenvalue weighted by Crippen LogP contribution is -1.81. The van der Waals surface area contributed by atoms with Crippen LogP contribution in [-0.2, 0) is 0 Å². The zero-order chi connectivity index (χ0) is 9.26. The van der Waals surface area contributed by atoms with E-state index in [-0.39, 0.29) is 7.43 Å². The highest BCUT2D eigenvalue weighted by Crippen LogP contribution is 2.27. The van der Waals surface area contributed by atoms with Crippen LogP contribution in [-0.4, -0.2) is 13.4 Å². The molecule has 0 saturated carbocycles. The number of rotatable bonds is 2. The van der Waals surface area contributed by atoms with Crippen LogP contribution in [0.5, 0.6) is 5.75 Å². The topological polar surface area (TPSA) is 39.4 Å². The van der Waals surface area contributed by atoms with Crippen molar-refractivity contribution in [1.82, 2.24) is 0 Å². The van der Waals surface area contributed by atoms with E-state index in [1.165, 1.54) is 0 Å². The Bertz CT molecular complexity index is 443. The molecule has 14 heavy (non-hydrogen) atoms. The third-order valence-corrected chi connectivity index (χ3v) is 1.86. The predicted molar refractivity (Wildman–Crippen MR) is 54.9 cm³/mol. The SMILES string of the molecule is C.COc1cccc2cc(C=O)oc12. The maximum atomic E-state index is 10.4. The van der Waals surface area contributed by atoms with Crippen molar-refractivity contribution in [3.8, 4) is 5.75 Å². The van der Waals surface area contributed by atoms with Crippen LogP contribution >= 0.6 is 0 Å². The Kier molecular flexibility index (Phi) is 2.92. The van der Waals surface area contributed by atoms with Gasteiger partial charge in [-0.25, -0.2) is 0 Å². The number of carbonyl (C=O) groups is 1. The molecular formula is C11H12O3. The highest BCUT2D eigenvalue weighted by Gasteiger charge is 2.06. The smallest absolute Gasteiger partial charge is 0.185 e. The second-order valence-electron chi connectivity index (χ2n) is 2.65. The molecule has 0 fully saturated rings. The van der Waals surface area contributed by atoms with E-state index in [1.54, 1.807) is 19.2 Å². The second-order valence-corrected chi connectivity index (χ2v) is 2.65. The first-order chi connectivity index (χ1) is 6.35. The van der Waals surface area contributed by atoms with Gasteiger partial charge in [-0.05, 0) is 12.1 Å². The summed E-state index contributed by atoms with van der Waals surface area (Å²) in [5.74, 6) is 0.963. The summed E-state index contributed by atoms with van der Waals surface area (Å²) >= 11 is 0. The van der Waals surface area contributed by atoms with Crippen LogP contribution in [0.3, 0.4) is 0 Å². The molecule has 2 aromatic rings. The van der Waals surface area contributed by atoms with Crippen LogP contribution in [0.2, 0.25) is 0 Å². The highest BCUT2D eigenvalue weighted by atomic mass is 16.5. The monoisotopic (exact) mass is 192 g/mol. The van der Waals surface area contributed by atoms with Gasteiger partial charge in [-0.3, -0.25) is 4.79 Å². The van der Waals surface area contributed by atoms with Gasteiger partial charge in [0.25, 0.3) is 0 Å². The summed E-state index contributed by atoms with van der Waals surface area (Å²) in [5.41, 5.74) is 0.618. The predicted octanol–water partition coefficient (Wildman–Crippen LogP) is 2.89. The first-order valence-corrected chi connectivity index (χ1v) is 3.87. The molecule has 0 atom stereocenters. The van der Waals surface area contributed by atoms with Gasteiger partial charge in [-0.1, -0.05) is 19.6 Å². The summed E-state index contributed by atoms with van der Waals surface area (Å²) in [7, 11) is 1.57. The normalized spacial score (nSPS) is 9.50. The summed E-state index contributed by atoms with van der Waals surface area (Å²) in [5, 5.41) is 0.876. The maximum absolute atomic E-state index is 10.4. The number of hydrogen-bond acceptors (Lipinski definition) is 3. The van der Waals surface area contributed by atoms with Crippen molar-refractivity contribution in [2.24, 2.45) is 0 Å². The van der Waals surface area contributed by atoms with Crippen molar-refractivity contribution in [3.63, 3.8) is 0 Å². The van der Waals surface area contributed by atoms with Crippen LogP contribution in [0.1, 0.15) is 18.0 Å². The fourth-order valence-electron chi connectivity index (χ4n) is 1.28. The molecule has 0 spiro atoms. The van der Waals surface area contributed by atoms with Gasteiger partial charge in [0.15, 0.2) is 23.4 Å². The minimum atomic E-state index is 0. The van der Waals surface area contributed by atoms with E-state index >= 15 is 0 Å². The van der Waals surface area contributed by atoms with Crippen molar-refractivity contribution in [3.05, 3.63) is 30.0 Å². The van der Waals surface area contributed by atoms with Gasteiger partial charge >= 0.3 is 0 Å². The first kappa shape index (κ1) is 10.3. The molecule has 0 saturated heterocycles. The van der Waals surface area contributed by atoms with Gasteiger partial charge in [0, 0.05) is 5.39 Å². The fraction of sp³-hybridized carbons (Fsp3) is 0.182. The summed E-state index contributed by atoms with van der Waals surface area (Å²) < 4.78 is 10.3. The Morgan fingerprint density at radius 1 is 1.43 bits per heavy atom. The lowest BCUT2D eigenvalue weighted by atomic mass is 10.2. The van der Waals surface area contributed by atoms with Crippen molar-refractivity contribution < 1.29 is 13.9 Å². The van der Waals surface area contributed by atoms with Crippen molar-refractivity contribution in [1.29, 1.82) is 0 Å². The number of ether oxygens (including phenoxy) is 1. The Morgan fingerprint density at radius 3 is 2.86 bits per heavy atom. The average Bonchev–Trinajstić information content (AvgIpc) is 2.59. The lowest BCUT2D eigenvalue weighted by Gasteiger charge is -1.97. The molecule has 0 aliphatic carbocycles. The summed E-state index contributed by atoms with van der Waals surface area (Å²) in [6, 6.07) is 7.20. The van der Waals surface area contributed by atoms with Gasteiger partial charge in [0.05, 0.1) is 7.11 Å². The summed E-state index contributed by atoms with van der Waals surface area (Å²) in [6.07, 6.45) is 0.680. The molecule has 74 valence electrons. The van der Waals surface area contributed by atoms with Crippen molar-refractivity contribution in [2.45, 2.75) is 7.43 Å². The van der Waals surface area contributed by atoms with Gasteiger partial charge in [-0.2, -0.15) is 0 Å². The molecule has 1 heterocycles. The fourth-order valence-corrected chi connectivity index (χ4v) is 1.28. The van der Waals surface area contributed by atoms with Crippen LogP contribution in [0.15, 0.2) is 28.7 Å². The van der Waals surface area contributed by atoms with Gasteiger partial charge < -0.3 is 9.15 Å². The minimum Gasteiger partial charge on any atom is -0.493 e. The quantitative estimate of drug-likeness (QED) is 0.687. The Labute approximate surface area is 82.3 Å². The van der Waals surface area contributed by atoms with E-state index in [2.05, 4.69) is 0 Å². The van der Waals surface area contributed by atoms with E-state index in [0.717, 1.165) is 5.39 Å². The maximum Gasteiger partial charge on any atom is 0.185 e. The molecule has 2 rings (SSSR count). The number of benzene rings is 1. The standard InChI is InChI=1S/C10H8O3.CH4/c1-12-9-4-2-3-7-5-8(6-11)13-10(7)9;/h2-6H,1H3;1H4. The molecular weight excluding hydrogens is 180 g/mol. The molecule has 0 aliphatic rings. The molecule has 1 aromatic carbocycles. The number of furan rings is 1. The summed E-state index contributed by atoms with van der Waals surface area (Å²) in [4.78, 5) is 10.4. The largest absolute Gasteiger partial charge is 0.493 e. The van der Waals surface area contributed by atoms with E-state index in [1.807, 2.05) is 12.1 Å². The number of hydrogen-bond donors (Lipinski definition) is 0. The number of carbonyl (C=O) groups excluding carboxylic acids is 1. The Hall–Kier alpha value is -1.77. The van der Waals surface area contributed by atoms with Crippen molar-refractivity contribution in [2.75, 3.05) is 7.11 Å². The number of aldehydes is 1. The highest BCUT2D eigenvalue weighted by molar-refractivity contribution is 5.88. The number of methoxy groups -OCH3 is 1. The Balaban J connectivity index is 0.000000980. The van der Waals surface area contributed by atoms with Crippen molar-refractivity contribution >= 4 is 17.3 Å². The third kappa shape index (κ3) is 1.48. The third-order valence-electron chi connectivity index (χ3n) is 1.86. The van der Waals surface area contributed by atoms with Gasteiger partial charge in [0.1, 0.15) is 0 Å². The first-order valence-electron chi connectivity index (χ1n) is 3.87. The molecule has 3 nitrogen and oxygen atoms in total. The van der Waals surface area contributed by atoms with Gasteiger partial charge in [0.2, 0.25) is 0 Å². The lowest BCUT2D eigenvalue weighted by molar-refractivity contribution is 0.110. The minimum absolute atomic E-state index is 0. The molecule has 0 N–H and O–H groups in total. The van der Waals surface area contributed by atoms with Crippen LogP contribution < -0.4 is 4.74 Å². The molecule has 0 unspecified atom stereocenters. The zero-order valence-corrected chi connectivity index (χ0v) is 7.11. The summed E-state index contributed by atoms with van der Waals surface area (Å²) in [6.45, 7) is 0. The van der Waals surface area contributed by atoms with E-state index in [4.69, 9.17) is 9.15 Å². The van der Waals surface area contributed by atoms with Crippen LogP contribution in [0.25, 0.3) is 11.0 Å². The molecule has 3 heteroatoms. The number of fused-ring (bicyclic) bond motifs is 1. The van der Waals surface area contributed by atoms with E-state index in [0.29, 0.717) is 23.4 Å². The van der Waals surface area contributed by atoms with Crippen LogP contribution in [0, 0.1) is 0 Å². The molecule has 0 aliphatic heterocycles.